The lowest BCUT2D eigenvalue weighted by Crippen LogP contribution is -2.36. The Morgan fingerprint density at radius 1 is 0.949 bits per heavy atom. The maximum absolute atomic E-state index is 13.4. The van der Waals surface area contributed by atoms with E-state index in [0.717, 1.165) is 39.1 Å². The zero-order valence-corrected chi connectivity index (χ0v) is 21.7. The number of thioether (sulfide) groups is 1. The summed E-state index contributed by atoms with van der Waals surface area (Å²) in [6.07, 6.45) is 1.56. The number of imide groups is 1. The molecule has 0 spiro atoms. The molecule has 9 heteroatoms. The van der Waals surface area contributed by atoms with Gasteiger partial charge in [0.2, 0.25) is 5.91 Å². The first kappa shape index (κ1) is 26.0. The van der Waals surface area contributed by atoms with Crippen LogP contribution in [0.2, 0.25) is 0 Å². The van der Waals surface area contributed by atoms with Gasteiger partial charge in [-0.05, 0) is 76.1 Å². The molecule has 1 N–H and O–H groups in total. The van der Waals surface area contributed by atoms with Gasteiger partial charge in [-0.15, -0.1) is 0 Å². The number of carbonyl (C=O) groups is 3. The summed E-state index contributed by atoms with van der Waals surface area (Å²) in [5.41, 5.74) is 1.87. The predicted octanol–water partition coefficient (Wildman–Crippen LogP) is 6.24. The summed E-state index contributed by atoms with van der Waals surface area (Å²) in [6.45, 7) is -0.138. The van der Waals surface area contributed by atoms with E-state index in [1.165, 1.54) is 25.3 Å². The van der Waals surface area contributed by atoms with Crippen LogP contribution >= 0.6 is 11.8 Å². The number of ether oxygens (including phenoxy) is 2. The van der Waals surface area contributed by atoms with E-state index in [0.29, 0.717) is 23.7 Å². The lowest BCUT2D eigenvalue weighted by molar-refractivity contribution is -0.127. The average Bonchev–Trinajstić information content (AvgIpc) is 3.19. The number of hydrogen-bond donors (Lipinski definition) is 1. The van der Waals surface area contributed by atoms with Gasteiger partial charge in [-0.1, -0.05) is 48.5 Å². The van der Waals surface area contributed by atoms with Crippen molar-refractivity contribution in [3.8, 4) is 11.5 Å². The monoisotopic (exact) mass is 542 g/mol. The lowest BCUT2D eigenvalue weighted by atomic mass is 10.1. The van der Waals surface area contributed by atoms with Crippen molar-refractivity contribution in [2.24, 2.45) is 0 Å². The van der Waals surface area contributed by atoms with E-state index in [9.17, 15) is 18.8 Å². The van der Waals surface area contributed by atoms with Gasteiger partial charge in [0, 0.05) is 5.69 Å². The molecule has 39 heavy (non-hydrogen) atoms. The predicted molar refractivity (Wildman–Crippen MR) is 149 cm³/mol. The fraction of sp³-hybridized carbons (Fsp3) is 0.100. The molecular weight excluding hydrogens is 519 g/mol. The minimum absolute atomic E-state index is 0.172. The van der Waals surface area contributed by atoms with Gasteiger partial charge >= 0.3 is 0 Å². The number of nitrogens with zero attached hydrogens (tertiary/aromatic N) is 1. The largest absolute Gasteiger partial charge is 0.493 e. The highest BCUT2D eigenvalue weighted by Gasteiger charge is 2.36. The number of amides is 3. The smallest absolute Gasteiger partial charge is 0.294 e. The lowest BCUT2D eigenvalue weighted by Gasteiger charge is -2.13. The van der Waals surface area contributed by atoms with Gasteiger partial charge in [-0.25, -0.2) is 4.39 Å². The number of hydrogen-bond acceptors (Lipinski definition) is 6. The number of anilines is 1. The van der Waals surface area contributed by atoms with Crippen molar-refractivity contribution in [3.05, 3.63) is 107 Å². The Balaban J connectivity index is 1.25. The SMILES string of the molecule is COc1cc(/C=C2/SC(=O)N(CC(=O)Nc3cccc(F)c3)C2=O)ccc1OCc1ccc2ccccc2c1. The standard InChI is InChI=1S/C30H23FN2O5S/c1-37-26-14-19(10-12-25(26)38-18-20-9-11-21-5-2-3-6-22(21)13-20)15-27-29(35)33(30(36)39-27)17-28(34)32-24-8-4-7-23(31)16-24/h2-16H,17-18H2,1H3,(H,32,34)/b27-15+. The quantitative estimate of drug-likeness (QED) is 0.265. The number of fused-ring (bicyclic) bond motifs is 1. The molecule has 5 rings (SSSR count). The first-order valence-corrected chi connectivity index (χ1v) is 12.8. The third-order valence-electron chi connectivity index (χ3n) is 5.98. The molecule has 0 aromatic heterocycles. The number of rotatable bonds is 8. The summed E-state index contributed by atoms with van der Waals surface area (Å²) in [5, 5.41) is 4.20. The van der Waals surface area contributed by atoms with Crippen molar-refractivity contribution in [3.63, 3.8) is 0 Å². The first-order valence-electron chi connectivity index (χ1n) is 12.0. The van der Waals surface area contributed by atoms with E-state index in [1.54, 1.807) is 24.3 Å². The molecule has 1 fully saturated rings. The van der Waals surface area contributed by atoms with Gasteiger partial charge in [-0.2, -0.15) is 0 Å². The second-order valence-electron chi connectivity index (χ2n) is 8.71. The topological polar surface area (TPSA) is 84.9 Å². The van der Waals surface area contributed by atoms with Crippen molar-refractivity contribution >= 4 is 51.4 Å². The van der Waals surface area contributed by atoms with Crippen LogP contribution in [0, 0.1) is 5.82 Å². The molecule has 0 aliphatic carbocycles. The van der Waals surface area contributed by atoms with Crippen LogP contribution in [-0.2, 0) is 16.2 Å². The van der Waals surface area contributed by atoms with Crippen LogP contribution in [0.1, 0.15) is 11.1 Å². The number of halogens is 1. The van der Waals surface area contributed by atoms with Crippen molar-refractivity contribution in [2.75, 3.05) is 19.0 Å². The molecule has 1 aliphatic rings. The Labute approximate surface area is 228 Å². The van der Waals surface area contributed by atoms with Crippen LogP contribution in [0.25, 0.3) is 16.8 Å². The third-order valence-corrected chi connectivity index (χ3v) is 6.88. The van der Waals surface area contributed by atoms with Gasteiger partial charge in [0.1, 0.15) is 19.0 Å². The van der Waals surface area contributed by atoms with E-state index in [4.69, 9.17) is 9.47 Å². The molecule has 0 unspecified atom stereocenters. The number of nitrogens with one attached hydrogen (secondary N) is 1. The van der Waals surface area contributed by atoms with Gasteiger partial charge in [0.05, 0.1) is 12.0 Å². The van der Waals surface area contributed by atoms with Crippen molar-refractivity contribution < 1.29 is 28.2 Å². The molecule has 0 atom stereocenters. The zero-order valence-electron chi connectivity index (χ0n) is 20.8. The summed E-state index contributed by atoms with van der Waals surface area (Å²) in [7, 11) is 1.52. The molecule has 4 aromatic carbocycles. The fourth-order valence-electron chi connectivity index (χ4n) is 4.08. The van der Waals surface area contributed by atoms with Crippen LogP contribution < -0.4 is 14.8 Å². The minimum atomic E-state index is -0.612. The van der Waals surface area contributed by atoms with Gasteiger partial charge in [0.15, 0.2) is 11.5 Å². The highest BCUT2D eigenvalue weighted by Crippen LogP contribution is 2.35. The molecule has 0 bridgehead atoms. The number of methoxy groups -OCH3 is 1. The molecule has 196 valence electrons. The van der Waals surface area contributed by atoms with E-state index in [-0.39, 0.29) is 10.6 Å². The number of carbonyl (C=O) groups excluding carboxylic acids is 3. The molecule has 1 heterocycles. The second-order valence-corrected chi connectivity index (χ2v) is 9.70. The van der Waals surface area contributed by atoms with E-state index in [1.807, 2.05) is 30.3 Å². The molecule has 4 aromatic rings. The van der Waals surface area contributed by atoms with E-state index >= 15 is 0 Å². The average molecular weight is 543 g/mol. The maximum atomic E-state index is 13.4. The summed E-state index contributed by atoms with van der Waals surface area (Å²) in [5.74, 6) is -0.709. The Hall–Kier alpha value is -4.63. The van der Waals surface area contributed by atoms with E-state index in [2.05, 4.69) is 17.4 Å². The number of benzene rings is 4. The minimum Gasteiger partial charge on any atom is -0.493 e. The second kappa shape index (κ2) is 11.4. The third kappa shape index (κ3) is 6.10. The van der Waals surface area contributed by atoms with Crippen LogP contribution in [0.5, 0.6) is 11.5 Å². The zero-order chi connectivity index (χ0) is 27.4. The molecule has 7 nitrogen and oxygen atoms in total. The van der Waals surface area contributed by atoms with Gasteiger partial charge in [0.25, 0.3) is 11.1 Å². The molecule has 3 amide bonds. The van der Waals surface area contributed by atoms with E-state index < -0.39 is 29.4 Å². The summed E-state index contributed by atoms with van der Waals surface area (Å²) in [4.78, 5) is 38.7. The summed E-state index contributed by atoms with van der Waals surface area (Å²) in [6, 6.07) is 24.8. The van der Waals surface area contributed by atoms with Crippen molar-refractivity contribution in [1.82, 2.24) is 4.90 Å². The molecule has 1 saturated heterocycles. The molecular formula is C30H23FN2O5S. The normalized spacial score (nSPS) is 14.2. The Morgan fingerprint density at radius 2 is 1.77 bits per heavy atom. The Kier molecular flexibility index (Phi) is 7.60. The van der Waals surface area contributed by atoms with Crippen LogP contribution in [0.15, 0.2) is 89.8 Å². The molecule has 0 saturated carbocycles. The first-order chi connectivity index (χ1) is 18.9. The van der Waals surface area contributed by atoms with Crippen LogP contribution in [0.3, 0.4) is 0 Å². The van der Waals surface area contributed by atoms with Crippen LogP contribution in [0.4, 0.5) is 14.9 Å². The van der Waals surface area contributed by atoms with Gasteiger partial charge in [-0.3, -0.25) is 19.3 Å². The summed E-state index contributed by atoms with van der Waals surface area (Å²) < 4.78 is 24.8. The molecule has 1 aliphatic heterocycles. The highest BCUT2D eigenvalue weighted by atomic mass is 32.2. The Morgan fingerprint density at radius 3 is 2.56 bits per heavy atom. The maximum Gasteiger partial charge on any atom is 0.294 e. The Bertz CT molecular complexity index is 1620. The van der Waals surface area contributed by atoms with Crippen molar-refractivity contribution in [2.45, 2.75) is 6.61 Å². The van der Waals surface area contributed by atoms with Crippen molar-refractivity contribution in [1.29, 1.82) is 0 Å². The fourth-order valence-corrected chi connectivity index (χ4v) is 4.92. The molecule has 0 radical (unpaired) electrons. The van der Waals surface area contributed by atoms with Crippen LogP contribution in [-0.4, -0.2) is 35.6 Å². The highest BCUT2D eigenvalue weighted by molar-refractivity contribution is 8.18. The van der Waals surface area contributed by atoms with Gasteiger partial charge < -0.3 is 14.8 Å². The summed E-state index contributed by atoms with van der Waals surface area (Å²) >= 11 is 0.740.